The van der Waals surface area contributed by atoms with Gasteiger partial charge in [0.05, 0.1) is 7.11 Å². The minimum absolute atomic E-state index is 0.840. The number of halogens is 1. The van der Waals surface area contributed by atoms with Crippen molar-refractivity contribution in [2.24, 2.45) is 0 Å². The summed E-state index contributed by atoms with van der Waals surface area (Å²) in [5.41, 5.74) is 4.85. The van der Waals surface area contributed by atoms with E-state index in [9.17, 15) is 0 Å². The van der Waals surface area contributed by atoms with E-state index < -0.39 is 0 Å². The predicted octanol–water partition coefficient (Wildman–Crippen LogP) is 4.00. The summed E-state index contributed by atoms with van der Waals surface area (Å²) in [6, 6.07) is 12.1. The maximum atomic E-state index is 6.14. The lowest BCUT2D eigenvalue weighted by molar-refractivity contribution is 0.415. The van der Waals surface area contributed by atoms with Gasteiger partial charge in [0.1, 0.15) is 5.75 Å². The van der Waals surface area contributed by atoms with Gasteiger partial charge in [-0.15, -0.1) is 0 Å². The molecule has 2 aliphatic carbocycles. The van der Waals surface area contributed by atoms with Gasteiger partial charge in [0.2, 0.25) is 0 Å². The first-order chi connectivity index (χ1) is 7.29. The van der Waals surface area contributed by atoms with Crippen LogP contribution in [0.2, 0.25) is 5.02 Å². The second-order valence-corrected chi connectivity index (χ2v) is 4.02. The lowest BCUT2D eigenvalue weighted by Crippen LogP contribution is -1.82. The van der Waals surface area contributed by atoms with Gasteiger partial charge in [-0.1, -0.05) is 23.7 Å². The van der Waals surface area contributed by atoms with Crippen molar-refractivity contribution in [3.63, 3.8) is 0 Å². The molecule has 0 fully saturated rings. The molecule has 0 N–H and O–H groups in total. The highest BCUT2D eigenvalue weighted by atomic mass is 35.5. The maximum absolute atomic E-state index is 6.14. The van der Waals surface area contributed by atoms with Crippen LogP contribution in [-0.2, 0) is 0 Å². The molecule has 1 aromatic carbocycles. The molecule has 15 heavy (non-hydrogen) atoms. The first-order valence-corrected chi connectivity index (χ1v) is 5.16. The predicted molar refractivity (Wildman–Crippen MR) is 62.4 cm³/mol. The van der Waals surface area contributed by atoms with Gasteiger partial charge >= 0.3 is 0 Å². The van der Waals surface area contributed by atoms with E-state index >= 15 is 0 Å². The first kappa shape index (κ1) is 8.81. The molecule has 2 heteroatoms. The molecule has 0 radical (unpaired) electrons. The summed E-state index contributed by atoms with van der Waals surface area (Å²) in [6.07, 6.45) is 0. The zero-order valence-electron chi connectivity index (χ0n) is 8.25. The Hall–Kier alpha value is -1.47. The van der Waals surface area contributed by atoms with E-state index in [1.807, 2.05) is 30.3 Å². The van der Waals surface area contributed by atoms with Crippen molar-refractivity contribution in [2.75, 3.05) is 7.11 Å². The van der Waals surface area contributed by atoms with E-state index in [0.29, 0.717) is 0 Å². The lowest BCUT2D eigenvalue weighted by atomic mass is 10.1. The molecule has 0 unspecified atom stereocenters. The van der Waals surface area contributed by atoms with Crippen LogP contribution >= 0.6 is 11.6 Å². The van der Waals surface area contributed by atoms with Crippen molar-refractivity contribution in [2.45, 2.75) is 0 Å². The summed E-state index contributed by atoms with van der Waals surface area (Å²) in [5, 5.41) is 0.840. The summed E-state index contributed by atoms with van der Waals surface area (Å²) in [6.45, 7) is 0. The number of hydrogen-bond donors (Lipinski definition) is 0. The third-order valence-electron chi connectivity index (χ3n) is 2.70. The molecule has 0 bridgehead atoms. The fourth-order valence-electron chi connectivity index (χ4n) is 1.84. The Labute approximate surface area is 93.3 Å². The van der Waals surface area contributed by atoms with Gasteiger partial charge in [-0.05, 0) is 41.0 Å². The van der Waals surface area contributed by atoms with Crippen LogP contribution in [0.4, 0.5) is 0 Å². The van der Waals surface area contributed by atoms with Gasteiger partial charge in [0.15, 0.2) is 0 Å². The van der Waals surface area contributed by atoms with E-state index in [-0.39, 0.29) is 0 Å². The number of rotatable bonds is 2. The van der Waals surface area contributed by atoms with E-state index in [0.717, 1.165) is 21.9 Å². The third kappa shape index (κ3) is 1.31. The van der Waals surface area contributed by atoms with Crippen molar-refractivity contribution in [3.8, 4) is 28.0 Å². The largest absolute Gasteiger partial charge is 0.497 e. The Bertz CT molecular complexity index is 529. The number of hydrogen-bond acceptors (Lipinski definition) is 1. The SMILES string of the molecule is COc1ccc(-c2c(Cl)cc3cc2-3)cc1. The van der Waals surface area contributed by atoms with Crippen LogP contribution in [0.25, 0.3) is 22.3 Å². The molecular weight excluding hydrogens is 208 g/mol. The summed E-state index contributed by atoms with van der Waals surface area (Å²) in [4.78, 5) is 0. The van der Waals surface area contributed by atoms with Crippen LogP contribution < -0.4 is 4.74 Å². The highest BCUT2D eigenvalue weighted by molar-refractivity contribution is 6.36. The van der Waals surface area contributed by atoms with Crippen LogP contribution in [0.15, 0.2) is 36.4 Å². The molecule has 0 heterocycles. The second kappa shape index (κ2) is 3.01. The molecular formula is C13H9ClO. The van der Waals surface area contributed by atoms with Gasteiger partial charge in [0, 0.05) is 10.6 Å². The van der Waals surface area contributed by atoms with Crippen LogP contribution in [-0.4, -0.2) is 7.11 Å². The van der Waals surface area contributed by atoms with Crippen molar-refractivity contribution >= 4 is 11.6 Å². The number of fused-ring (bicyclic) bond motifs is 1. The van der Waals surface area contributed by atoms with Crippen molar-refractivity contribution < 1.29 is 4.74 Å². The van der Waals surface area contributed by atoms with Crippen LogP contribution in [0.3, 0.4) is 0 Å². The summed E-state index contributed by atoms with van der Waals surface area (Å²) < 4.78 is 5.12. The van der Waals surface area contributed by atoms with Crippen molar-refractivity contribution in [3.05, 3.63) is 41.4 Å². The van der Waals surface area contributed by atoms with Crippen LogP contribution in [0.5, 0.6) is 5.75 Å². The Kier molecular flexibility index (Phi) is 1.77. The molecule has 0 atom stereocenters. The van der Waals surface area contributed by atoms with Gasteiger partial charge in [-0.3, -0.25) is 0 Å². The standard InChI is InChI=1S/C13H9ClO/c1-15-10-4-2-8(3-5-10)13-11-6-9(11)7-12(13)14/h2-7H,1H3. The highest BCUT2D eigenvalue weighted by Gasteiger charge is 2.22. The van der Waals surface area contributed by atoms with E-state index in [1.165, 1.54) is 11.1 Å². The van der Waals surface area contributed by atoms with E-state index in [1.54, 1.807) is 7.11 Å². The topological polar surface area (TPSA) is 9.23 Å². The Morgan fingerprint density at radius 2 is 1.73 bits per heavy atom. The van der Waals surface area contributed by atoms with E-state index in [4.69, 9.17) is 16.3 Å². The molecule has 0 spiro atoms. The summed E-state index contributed by atoms with van der Waals surface area (Å²) >= 11 is 6.14. The Balaban J connectivity index is 2.06. The zero-order valence-corrected chi connectivity index (χ0v) is 9.01. The zero-order chi connectivity index (χ0) is 10.4. The van der Waals surface area contributed by atoms with Gasteiger partial charge < -0.3 is 4.74 Å². The molecule has 74 valence electrons. The molecule has 1 aromatic rings. The van der Waals surface area contributed by atoms with Gasteiger partial charge in [-0.2, -0.15) is 0 Å². The monoisotopic (exact) mass is 216 g/mol. The fourth-order valence-corrected chi connectivity index (χ4v) is 2.17. The molecule has 0 aliphatic heterocycles. The first-order valence-electron chi connectivity index (χ1n) is 4.78. The number of ether oxygens (including phenoxy) is 1. The molecule has 0 saturated carbocycles. The Morgan fingerprint density at radius 1 is 1.00 bits per heavy atom. The number of methoxy groups -OCH3 is 1. The minimum Gasteiger partial charge on any atom is -0.497 e. The molecule has 1 nitrogen and oxygen atoms in total. The van der Waals surface area contributed by atoms with Crippen LogP contribution in [0, 0.1) is 0 Å². The normalized spacial score (nSPS) is 11.3. The average Bonchev–Trinajstić information content (AvgIpc) is 2.92. The van der Waals surface area contributed by atoms with Crippen molar-refractivity contribution in [1.82, 2.24) is 0 Å². The molecule has 0 aromatic heterocycles. The fraction of sp³-hybridized carbons (Fsp3) is 0.0769. The van der Waals surface area contributed by atoms with Gasteiger partial charge in [-0.25, -0.2) is 0 Å². The molecule has 3 rings (SSSR count). The summed E-state index contributed by atoms with van der Waals surface area (Å²) in [5.74, 6) is 0.867. The lowest BCUT2D eigenvalue weighted by Gasteiger charge is -2.02. The maximum Gasteiger partial charge on any atom is 0.118 e. The van der Waals surface area contributed by atoms with Crippen molar-refractivity contribution in [1.29, 1.82) is 0 Å². The quantitative estimate of drug-likeness (QED) is 0.629. The number of benzene rings is 2. The third-order valence-corrected chi connectivity index (χ3v) is 2.99. The Morgan fingerprint density at radius 3 is 2.27 bits per heavy atom. The molecule has 0 amide bonds. The smallest absolute Gasteiger partial charge is 0.118 e. The molecule has 2 aliphatic rings. The highest BCUT2D eigenvalue weighted by Crippen LogP contribution is 2.49. The minimum atomic E-state index is 0.840. The average molecular weight is 217 g/mol. The van der Waals surface area contributed by atoms with E-state index in [2.05, 4.69) is 6.07 Å². The summed E-state index contributed by atoms with van der Waals surface area (Å²) in [7, 11) is 1.67. The van der Waals surface area contributed by atoms with Crippen LogP contribution in [0.1, 0.15) is 0 Å². The van der Waals surface area contributed by atoms with Gasteiger partial charge in [0.25, 0.3) is 0 Å². The second-order valence-electron chi connectivity index (χ2n) is 3.61. The molecule has 0 saturated heterocycles.